The molecule has 0 heterocycles. The Morgan fingerprint density at radius 2 is 2.17 bits per heavy atom. The fourth-order valence-corrected chi connectivity index (χ4v) is 0.857. The van der Waals surface area contributed by atoms with Crippen LogP contribution in [0.5, 0.6) is 0 Å². The van der Waals surface area contributed by atoms with Crippen molar-refractivity contribution in [1.82, 2.24) is 0 Å². The van der Waals surface area contributed by atoms with E-state index in [1.165, 1.54) is 5.57 Å². The van der Waals surface area contributed by atoms with E-state index in [0.717, 1.165) is 19.3 Å². The summed E-state index contributed by atoms with van der Waals surface area (Å²) in [6, 6.07) is 0. The van der Waals surface area contributed by atoms with Crippen LogP contribution in [0.15, 0.2) is 24.3 Å². The lowest BCUT2D eigenvalue weighted by atomic mass is 9.99. The molecule has 0 aliphatic heterocycles. The zero-order chi connectivity index (χ0) is 9.61. The van der Waals surface area contributed by atoms with E-state index < -0.39 is 5.60 Å². The van der Waals surface area contributed by atoms with Crippen molar-refractivity contribution in [1.29, 1.82) is 0 Å². The Labute approximate surface area is 75.8 Å². The predicted octanol–water partition coefficient (Wildman–Crippen LogP) is 3.06. The van der Waals surface area contributed by atoms with E-state index in [0.29, 0.717) is 0 Å². The molecule has 12 heavy (non-hydrogen) atoms. The second kappa shape index (κ2) is 5.15. The number of hydrogen-bond acceptors (Lipinski definition) is 1. The van der Waals surface area contributed by atoms with Crippen LogP contribution in [0.3, 0.4) is 0 Å². The number of hydrogen-bond donors (Lipinski definition) is 1. The van der Waals surface area contributed by atoms with E-state index in [4.69, 9.17) is 0 Å². The van der Waals surface area contributed by atoms with Gasteiger partial charge in [-0.15, -0.1) is 6.58 Å². The summed E-state index contributed by atoms with van der Waals surface area (Å²) in [5.74, 6) is 0. The normalized spacial score (nSPS) is 17.2. The van der Waals surface area contributed by atoms with E-state index in [1.807, 2.05) is 0 Å². The van der Waals surface area contributed by atoms with Gasteiger partial charge in [0.2, 0.25) is 0 Å². The van der Waals surface area contributed by atoms with E-state index in [2.05, 4.69) is 26.5 Å². The molecule has 0 saturated carbocycles. The third kappa shape index (κ3) is 5.14. The average Bonchev–Trinajstić information content (AvgIpc) is 2.04. The van der Waals surface area contributed by atoms with Gasteiger partial charge in [0, 0.05) is 0 Å². The Morgan fingerprint density at radius 1 is 1.58 bits per heavy atom. The first-order valence-corrected chi connectivity index (χ1v) is 4.53. The third-order valence-electron chi connectivity index (χ3n) is 2.14. The van der Waals surface area contributed by atoms with Gasteiger partial charge < -0.3 is 5.11 Å². The van der Waals surface area contributed by atoms with Crippen LogP contribution >= 0.6 is 0 Å². The van der Waals surface area contributed by atoms with Gasteiger partial charge in [-0.2, -0.15) is 0 Å². The summed E-state index contributed by atoms with van der Waals surface area (Å²) >= 11 is 0. The van der Waals surface area contributed by atoms with Crippen LogP contribution in [-0.2, 0) is 0 Å². The van der Waals surface area contributed by atoms with Gasteiger partial charge in [-0.1, -0.05) is 24.6 Å². The highest BCUT2D eigenvalue weighted by molar-refractivity contribution is 4.99. The van der Waals surface area contributed by atoms with E-state index in [-0.39, 0.29) is 0 Å². The first-order chi connectivity index (χ1) is 5.52. The molecule has 0 radical (unpaired) electrons. The molecule has 0 rings (SSSR count). The van der Waals surface area contributed by atoms with Crippen LogP contribution in [0.1, 0.15) is 40.0 Å². The van der Waals surface area contributed by atoms with Crippen molar-refractivity contribution in [3.63, 3.8) is 0 Å². The molecule has 70 valence electrons. The predicted molar refractivity (Wildman–Crippen MR) is 54.1 cm³/mol. The Morgan fingerprint density at radius 3 is 2.58 bits per heavy atom. The van der Waals surface area contributed by atoms with E-state index in [9.17, 15) is 5.11 Å². The highest BCUT2D eigenvalue weighted by atomic mass is 16.3. The highest BCUT2D eigenvalue weighted by Gasteiger charge is 2.12. The van der Waals surface area contributed by atoms with Crippen LogP contribution in [0.25, 0.3) is 0 Å². The van der Waals surface area contributed by atoms with Crippen molar-refractivity contribution in [2.75, 3.05) is 0 Å². The summed E-state index contributed by atoms with van der Waals surface area (Å²) in [4.78, 5) is 0. The molecule has 0 aliphatic carbocycles. The minimum Gasteiger partial charge on any atom is -0.386 e. The summed E-state index contributed by atoms with van der Waals surface area (Å²) < 4.78 is 0. The third-order valence-corrected chi connectivity index (χ3v) is 2.14. The summed E-state index contributed by atoms with van der Waals surface area (Å²) in [5.41, 5.74) is 0.680. The van der Waals surface area contributed by atoms with Crippen LogP contribution in [-0.4, -0.2) is 10.7 Å². The first-order valence-electron chi connectivity index (χ1n) is 4.53. The van der Waals surface area contributed by atoms with Crippen molar-refractivity contribution in [3.05, 3.63) is 24.3 Å². The molecule has 0 aliphatic rings. The number of allylic oxidation sites excluding steroid dienone is 2. The van der Waals surface area contributed by atoms with Gasteiger partial charge in [-0.3, -0.25) is 0 Å². The average molecular weight is 168 g/mol. The Bertz CT molecular complexity index is 166. The molecule has 0 aromatic heterocycles. The summed E-state index contributed by atoms with van der Waals surface area (Å²) in [6.45, 7) is 9.62. The molecule has 0 spiro atoms. The molecule has 0 saturated heterocycles. The van der Waals surface area contributed by atoms with Gasteiger partial charge >= 0.3 is 0 Å². The Kier molecular flexibility index (Phi) is 4.91. The quantitative estimate of drug-likeness (QED) is 0.625. The Balaban J connectivity index is 3.77. The molecule has 0 aromatic rings. The highest BCUT2D eigenvalue weighted by Crippen LogP contribution is 2.14. The van der Waals surface area contributed by atoms with Crippen LogP contribution < -0.4 is 0 Å². The zero-order valence-corrected chi connectivity index (χ0v) is 8.43. The molecule has 0 bridgehead atoms. The van der Waals surface area contributed by atoms with Crippen molar-refractivity contribution in [2.24, 2.45) is 0 Å². The Hall–Kier alpha value is -0.560. The topological polar surface area (TPSA) is 20.2 Å². The lowest BCUT2D eigenvalue weighted by Crippen LogP contribution is -2.19. The van der Waals surface area contributed by atoms with Crippen LogP contribution in [0.4, 0.5) is 0 Å². The van der Waals surface area contributed by atoms with Crippen LogP contribution in [0, 0.1) is 0 Å². The molecule has 1 N–H and O–H groups in total. The molecule has 0 unspecified atom stereocenters. The summed E-state index contributed by atoms with van der Waals surface area (Å²) in [6.07, 6.45) is 6.56. The maximum Gasteiger partial charge on any atom is 0.0800 e. The maximum atomic E-state index is 9.56. The minimum absolute atomic E-state index is 0.704. The smallest absolute Gasteiger partial charge is 0.0800 e. The van der Waals surface area contributed by atoms with Gasteiger partial charge in [0.05, 0.1) is 5.60 Å². The molecular formula is C11H20O. The zero-order valence-electron chi connectivity index (χ0n) is 8.43. The number of rotatable bonds is 5. The summed E-state index contributed by atoms with van der Waals surface area (Å²) in [5, 5.41) is 9.56. The molecule has 1 atom stereocenters. The monoisotopic (exact) mass is 168 g/mol. The molecule has 1 heteroatoms. The van der Waals surface area contributed by atoms with Gasteiger partial charge in [-0.25, -0.2) is 0 Å². The molecular weight excluding hydrogens is 148 g/mol. The molecule has 0 amide bonds. The second-order valence-corrected chi connectivity index (χ2v) is 3.50. The van der Waals surface area contributed by atoms with Crippen molar-refractivity contribution < 1.29 is 5.11 Å². The fraction of sp³-hybridized carbons (Fsp3) is 0.636. The molecule has 1 nitrogen and oxygen atoms in total. The first kappa shape index (κ1) is 11.4. The molecule has 0 aromatic carbocycles. The van der Waals surface area contributed by atoms with Crippen molar-refractivity contribution in [2.45, 2.75) is 45.6 Å². The minimum atomic E-state index is -0.704. The van der Waals surface area contributed by atoms with Crippen molar-refractivity contribution >= 4 is 0 Å². The lowest BCUT2D eigenvalue weighted by Gasteiger charge is -2.16. The van der Waals surface area contributed by atoms with Gasteiger partial charge in [0.25, 0.3) is 0 Å². The maximum absolute atomic E-state index is 9.56. The van der Waals surface area contributed by atoms with Crippen molar-refractivity contribution in [3.8, 4) is 0 Å². The number of aliphatic hydroxyl groups is 1. The summed E-state index contributed by atoms with van der Waals surface area (Å²) in [7, 11) is 0. The standard InChI is InChI=1S/C11H20O/c1-5-10(3)8-7-9-11(4,12)6-2/h6,8,12H,2,5,7,9H2,1,3-4H3/b10-8+/t11-/m1/s1. The molecule has 0 fully saturated rings. The van der Waals surface area contributed by atoms with Crippen LogP contribution in [0.2, 0.25) is 0 Å². The second-order valence-electron chi connectivity index (χ2n) is 3.50. The lowest BCUT2D eigenvalue weighted by molar-refractivity contribution is 0.103. The van der Waals surface area contributed by atoms with E-state index in [1.54, 1.807) is 13.0 Å². The SMILES string of the molecule is C=C[C@@](C)(O)CC/C=C(\C)CC. The largest absolute Gasteiger partial charge is 0.386 e. The van der Waals surface area contributed by atoms with Gasteiger partial charge in [-0.05, 0) is 33.1 Å². The van der Waals surface area contributed by atoms with E-state index >= 15 is 0 Å². The fourth-order valence-electron chi connectivity index (χ4n) is 0.857. The van der Waals surface area contributed by atoms with Gasteiger partial charge in [0.15, 0.2) is 0 Å². The van der Waals surface area contributed by atoms with Gasteiger partial charge in [0.1, 0.15) is 0 Å².